The second-order valence-corrected chi connectivity index (χ2v) is 11.5. The SMILES string of the molecule is N#Cc1ccc(COc2cccc(N3C4CCC3CN(Cc3nc5ccc(C(=O)O)cc5n3C[C@@H]3CCO3)C4)n2)c(F)c1. The topological polar surface area (TPSA) is 117 Å². The number of likely N-dealkylation sites (tertiary alicyclic amines) is 1. The molecule has 0 saturated carbocycles. The predicted molar refractivity (Wildman–Crippen MR) is 155 cm³/mol. The maximum Gasteiger partial charge on any atom is 0.335 e. The number of hydrogen-bond donors (Lipinski definition) is 1. The number of benzene rings is 2. The number of nitriles is 1. The molecule has 7 rings (SSSR count). The number of hydrogen-bond acceptors (Lipinski definition) is 8. The van der Waals surface area contributed by atoms with E-state index in [9.17, 15) is 14.3 Å². The average molecular weight is 583 g/mol. The summed E-state index contributed by atoms with van der Waals surface area (Å²) in [6.07, 6.45) is 3.21. The minimum absolute atomic E-state index is 0.0233. The van der Waals surface area contributed by atoms with Crippen LogP contribution < -0.4 is 9.64 Å². The first-order valence-corrected chi connectivity index (χ1v) is 14.6. The predicted octanol–water partition coefficient (Wildman–Crippen LogP) is 4.36. The molecule has 11 heteroatoms. The Hall–Kier alpha value is -4.53. The fraction of sp³-hybridized carbons (Fsp3) is 0.375. The van der Waals surface area contributed by atoms with Gasteiger partial charge < -0.3 is 24.0 Å². The summed E-state index contributed by atoms with van der Waals surface area (Å²) in [5.74, 6) is 0.773. The number of halogens is 1. The van der Waals surface area contributed by atoms with Crippen LogP contribution in [0.15, 0.2) is 54.6 Å². The molecule has 1 N–H and O–H groups in total. The number of rotatable bonds is 9. The molecule has 0 amide bonds. The highest BCUT2D eigenvalue weighted by atomic mass is 19.1. The number of pyridine rings is 1. The van der Waals surface area contributed by atoms with Gasteiger partial charge in [0.25, 0.3) is 0 Å². The van der Waals surface area contributed by atoms with E-state index in [1.807, 2.05) is 18.2 Å². The smallest absolute Gasteiger partial charge is 0.335 e. The molecule has 4 aromatic rings. The van der Waals surface area contributed by atoms with Crippen LogP contribution in [-0.4, -0.2) is 68.4 Å². The van der Waals surface area contributed by atoms with Crippen LogP contribution in [-0.2, 0) is 24.4 Å². The lowest BCUT2D eigenvalue weighted by Crippen LogP contribution is -2.54. The van der Waals surface area contributed by atoms with Gasteiger partial charge in [-0.2, -0.15) is 10.2 Å². The normalized spacial score (nSPS) is 21.5. The summed E-state index contributed by atoms with van der Waals surface area (Å²) in [6, 6.07) is 17.6. The van der Waals surface area contributed by atoms with Gasteiger partial charge in [0, 0.05) is 43.4 Å². The van der Waals surface area contributed by atoms with Gasteiger partial charge in [0.15, 0.2) is 0 Å². The lowest BCUT2D eigenvalue weighted by Gasteiger charge is -2.41. The number of aromatic carboxylic acids is 1. The van der Waals surface area contributed by atoms with E-state index in [4.69, 9.17) is 24.7 Å². The van der Waals surface area contributed by atoms with E-state index in [0.29, 0.717) is 24.5 Å². The average Bonchev–Trinajstić information content (AvgIpc) is 3.46. The van der Waals surface area contributed by atoms with E-state index in [1.165, 1.54) is 6.07 Å². The molecule has 3 saturated heterocycles. The van der Waals surface area contributed by atoms with Gasteiger partial charge in [-0.15, -0.1) is 0 Å². The van der Waals surface area contributed by atoms with Crippen molar-refractivity contribution < 1.29 is 23.8 Å². The second-order valence-electron chi connectivity index (χ2n) is 11.5. The molecule has 3 aliphatic rings. The van der Waals surface area contributed by atoms with Crippen LogP contribution in [0.4, 0.5) is 10.2 Å². The molecular weight excluding hydrogens is 551 g/mol. The number of fused-ring (bicyclic) bond motifs is 3. The van der Waals surface area contributed by atoms with Crippen molar-refractivity contribution in [3.8, 4) is 11.9 Å². The highest BCUT2D eigenvalue weighted by molar-refractivity contribution is 5.92. The fourth-order valence-electron chi connectivity index (χ4n) is 6.47. The number of aromatic nitrogens is 3. The quantitative estimate of drug-likeness (QED) is 0.307. The molecule has 3 fully saturated rings. The molecule has 2 aromatic heterocycles. The number of anilines is 1. The van der Waals surface area contributed by atoms with Crippen LogP contribution in [0.1, 0.15) is 46.6 Å². The van der Waals surface area contributed by atoms with Gasteiger partial charge in [-0.1, -0.05) is 12.1 Å². The molecule has 3 atom stereocenters. The number of carboxylic acid groups (broad SMARTS) is 1. The Kier molecular flexibility index (Phi) is 7.16. The van der Waals surface area contributed by atoms with Gasteiger partial charge in [0.1, 0.15) is 24.1 Å². The fourth-order valence-corrected chi connectivity index (χ4v) is 6.47. The molecule has 0 radical (unpaired) electrons. The lowest BCUT2D eigenvalue weighted by molar-refractivity contribution is -0.0592. The van der Waals surface area contributed by atoms with Crippen molar-refractivity contribution in [2.45, 2.75) is 57.1 Å². The molecule has 3 aliphatic heterocycles. The summed E-state index contributed by atoms with van der Waals surface area (Å²) < 4.78 is 28.0. The second kappa shape index (κ2) is 11.3. The van der Waals surface area contributed by atoms with E-state index in [2.05, 4.69) is 14.4 Å². The van der Waals surface area contributed by atoms with Crippen molar-refractivity contribution >= 4 is 22.8 Å². The third-order valence-electron chi connectivity index (χ3n) is 8.71. The summed E-state index contributed by atoms with van der Waals surface area (Å²) in [7, 11) is 0. The highest BCUT2D eigenvalue weighted by Crippen LogP contribution is 2.35. The van der Waals surface area contributed by atoms with E-state index in [-0.39, 0.29) is 35.9 Å². The minimum Gasteiger partial charge on any atom is -0.478 e. The summed E-state index contributed by atoms with van der Waals surface area (Å²) in [4.78, 5) is 26.2. The first-order valence-electron chi connectivity index (χ1n) is 14.6. The van der Waals surface area contributed by atoms with Gasteiger partial charge in [0.05, 0.1) is 47.4 Å². The first kappa shape index (κ1) is 27.3. The molecule has 220 valence electrons. The number of imidazole rings is 1. The maximum atomic E-state index is 14.3. The van der Waals surface area contributed by atoms with Gasteiger partial charge in [0.2, 0.25) is 5.88 Å². The molecule has 10 nitrogen and oxygen atoms in total. The van der Waals surface area contributed by atoms with Gasteiger partial charge in [-0.05, 0) is 55.7 Å². The maximum absolute atomic E-state index is 14.3. The van der Waals surface area contributed by atoms with Crippen LogP contribution >= 0.6 is 0 Å². The highest BCUT2D eigenvalue weighted by Gasteiger charge is 2.41. The van der Waals surface area contributed by atoms with E-state index < -0.39 is 11.8 Å². The van der Waals surface area contributed by atoms with E-state index in [1.54, 1.807) is 36.4 Å². The molecule has 43 heavy (non-hydrogen) atoms. The summed E-state index contributed by atoms with van der Waals surface area (Å²) >= 11 is 0. The summed E-state index contributed by atoms with van der Waals surface area (Å²) in [5, 5.41) is 18.5. The number of ether oxygens (including phenoxy) is 2. The van der Waals surface area contributed by atoms with Gasteiger partial charge in [-0.3, -0.25) is 4.90 Å². The molecule has 0 aliphatic carbocycles. The van der Waals surface area contributed by atoms with Crippen molar-refractivity contribution in [2.75, 3.05) is 24.6 Å². The molecule has 5 heterocycles. The molecule has 2 unspecified atom stereocenters. The molecule has 2 bridgehead atoms. The number of piperazine rings is 1. The van der Waals surface area contributed by atoms with Gasteiger partial charge >= 0.3 is 5.97 Å². The molecular formula is C32H31FN6O4. The van der Waals surface area contributed by atoms with Crippen molar-refractivity contribution in [1.29, 1.82) is 5.26 Å². The largest absolute Gasteiger partial charge is 0.478 e. The zero-order chi connectivity index (χ0) is 29.5. The minimum atomic E-state index is -0.951. The monoisotopic (exact) mass is 582 g/mol. The zero-order valence-electron chi connectivity index (χ0n) is 23.5. The van der Waals surface area contributed by atoms with E-state index in [0.717, 1.165) is 61.6 Å². The van der Waals surface area contributed by atoms with Crippen LogP contribution in [0.2, 0.25) is 0 Å². The van der Waals surface area contributed by atoms with Crippen molar-refractivity contribution in [3.05, 3.63) is 82.9 Å². The Morgan fingerprint density at radius 2 is 1.91 bits per heavy atom. The van der Waals surface area contributed by atoms with Crippen LogP contribution in [0, 0.1) is 17.1 Å². The Morgan fingerprint density at radius 3 is 2.60 bits per heavy atom. The third-order valence-corrected chi connectivity index (χ3v) is 8.71. The number of nitrogens with zero attached hydrogens (tertiary/aromatic N) is 6. The third kappa shape index (κ3) is 5.40. The Bertz CT molecular complexity index is 1720. The Morgan fingerprint density at radius 1 is 1.09 bits per heavy atom. The van der Waals surface area contributed by atoms with Crippen LogP contribution in [0.5, 0.6) is 5.88 Å². The van der Waals surface area contributed by atoms with E-state index >= 15 is 0 Å². The van der Waals surface area contributed by atoms with Crippen molar-refractivity contribution in [2.24, 2.45) is 0 Å². The Labute approximate surface area is 247 Å². The lowest BCUT2D eigenvalue weighted by atomic mass is 10.1. The van der Waals surface area contributed by atoms with Crippen LogP contribution in [0.3, 0.4) is 0 Å². The van der Waals surface area contributed by atoms with Crippen molar-refractivity contribution in [1.82, 2.24) is 19.4 Å². The number of carboxylic acids is 1. The molecule has 0 spiro atoms. The zero-order valence-corrected chi connectivity index (χ0v) is 23.5. The summed E-state index contributed by atoms with van der Waals surface area (Å²) in [6.45, 7) is 3.80. The number of carbonyl (C=O) groups is 1. The molecule has 2 aromatic carbocycles. The van der Waals surface area contributed by atoms with Gasteiger partial charge in [-0.25, -0.2) is 14.2 Å². The van der Waals surface area contributed by atoms with Crippen molar-refractivity contribution in [3.63, 3.8) is 0 Å². The summed E-state index contributed by atoms with van der Waals surface area (Å²) in [5.41, 5.74) is 2.51. The standard InChI is InChI=1S/C32H31FN6O4/c33-26-12-20(14-34)4-5-22(26)19-43-31-3-1-2-29(36-31)39-23-7-8-24(39)16-37(15-23)18-30-35-27-9-6-21(32(40)41)13-28(27)38(30)17-25-10-11-42-25/h1-6,9,12-13,23-25H,7-8,10-11,15-19H2,(H,40,41)/t23?,24?,25-/m0/s1. The van der Waals surface area contributed by atoms with Crippen LogP contribution in [0.25, 0.3) is 11.0 Å². The first-order chi connectivity index (χ1) is 20.9. The Balaban J connectivity index is 1.06.